The van der Waals surface area contributed by atoms with Crippen LogP contribution in [0.2, 0.25) is 0 Å². The zero-order valence-corrected chi connectivity index (χ0v) is 13.1. The fourth-order valence-electron chi connectivity index (χ4n) is 2.55. The van der Waals surface area contributed by atoms with Crippen molar-refractivity contribution in [3.05, 3.63) is 17.0 Å². The van der Waals surface area contributed by atoms with E-state index in [4.69, 9.17) is 5.14 Å². The molecule has 3 N–H and O–H groups in total. The number of thiophene rings is 1. The standard InChI is InChI=1S/C13H20N2O3S2/c1-13(7-3-2-4-8-13)12(16)15-9-10-5-6-11(19-10)20(14,17)18/h5-6H,2-4,7-9H2,1H3,(H,15,16)(H2,14,17,18). The third kappa shape index (κ3) is 3.59. The van der Waals surface area contributed by atoms with Crippen LogP contribution in [0.1, 0.15) is 43.9 Å². The average molecular weight is 316 g/mol. The Balaban J connectivity index is 1.95. The van der Waals surface area contributed by atoms with Gasteiger partial charge in [-0.25, -0.2) is 13.6 Å². The van der Waals surface area contributed by atoms with Gasteiger partial charge in [-0.2, -0.15) is 0 Å². The van der Waals surface area contributed by atoms with Crippen molar-refractivity contribution in [3.63, 3.8) is 0 Å². The summed E-state index contributed by atoms with van der Waals surface area (Å²) >= 11 is 1.10. The van der Waals surface area contributed by atoms with Gasteiger partial charge in [0.25, 0.3) is 0 Å². The first-order chi connectivity index (χ1) is 9.31. The van der Waals surface area contributed by atoms with Crippen molar-refractivity contribution < 1.29 is 13.2 Å². The molecule has 0 saturated heterocycles. The molecule has 1 aromatic heterocycles. The summed E-state index contributed by atoms with van der Waals surface area (Å²) in [6.07, 6.45) is 5.24. The van der Waals surface area contributed by atoms with Crippen molar-refractivity contribution in [1.29, 1.82) is 0 Å². The minimum atomic E-state index is -3.65. The van der Waals surface area contributed by atoms with Gasteiger partial charge in [0.05, 0.1) is 6.54 Å². The first kappa shape index (κ1) is 15.5. The molecule has 1 aliphatic carbocycles. The lowest BCUT2D eigenvalue weighted by Crippen LogP contribution is -2.39. The Morgan fingerprint density at radius 3 is 2.55 bits per heavy atom. The highest BCUT2D eigenvalue weighted by Gasteiger charge is 2.34. The van der Waals surface area contributed by atoms with Gasteiger partial charge in [0, 0.05) is 10.3 Å². The average Bonchev–Trinajstić information content (AvgIpc) is 2.85. The van der Waals surface area contributed by atoms with Gasteiger partial charge in [-0.05, 0) is 25.0 Å². The van der Waals surface area contributed by atoms with Crippen molar-refractivity contribution >= 4 is 27.3 Å². The molecule has 1 aliphatic rings. The predicted molar refractivity (Wildman–Crippen MR) is 78.7 cm³/mol. The van der Waals surface area contributed by atoms with Crippen LogP contribution in [-0.2, 0) is 21.4 Å². The van der Waals surface area contributed by atoms with E-state index >= 15 is 0 Å². The summed E-state index contributed by atoms with van der Waals surface area (Å²) in [5.41, 5.74) is -0.279. The maximum absolute atomic E-state index is 12.2. The smallest absolute Gasteiger partial charge is 0.247 e. The van der Waals surface area contributed by atoms with Crippen molar-refractivity contribution in [2.75, 3.05) is 0 Å². The summed E-state index contributed by atoms with van der Waals surface area (Å²) in [7, 11) is -3.65. The van der Waals surface area contributed by atoms with Crippen molar-refractivity contribution in [2.24, 2.45) is 10.6 Å². The summed E-state index contributed by atoms with van der Waals surface area (Å²) < 4.78 is 22.5. The molecule has 0 bridgehead atoms. The number of carbonyl (C=O) groups excluding carboxylic acids is 1. The zero-order valence-electron chi connectivity index (χ0n) is 11.5. The summed E-state index contributed by atoms with van der Waals surface area (Å²) in [4.78, 5) is 13.0. The van der Waals surface area contributed by atoms with E-state index in [1.165, 1.54) is 12.5 Å². The van der Waals surface area contributed by atoms with Crippen molar-refractivity contribution in [3.8, 4) is 0 Å². The highest BCUT2D eigenvalue weighted by Crippen LogP contribution is 2.36. The number of nitrogens with one attached hydrogen (secondary N) is 1. The van der Waals surface area contributed by atoms with Gasteiger partial charge in [0.2, 0.25) is 15.9 Å². The number of rotatable bonds is 4. The number of hydrogen-bond acceptors (Lipinski definition) is 4. The molecule has 0 atom stereocenters. The second-order valence-corrected chi connectivity index (χ2v) is 8.53. The Bertz CT molecular complexity index is 587. The van der Waals surface area contributed by atoms with E-state index in [1.807, 2.05) is 6.92 Å². The van der Waals surface area contributed by atoms with Gasteiger partial charge in [-0.3, -0.25) is 4.79 Å². The van der Waals surface area contributed by atoms with Crippen molar-refractivity contribution in [2.45, 2.75) is 49.8 Å². The molecule has 7 heteroatoms. The molecule has 1 aromatic rings. The van der Waals surface area contributed by atoms with Gasteiger partial charge in [-0.15, -0.1) is 11.3 Å². The predicted octanol–water partition coefficient (Wildman–Crippen LogP) is 1.98. The summed E-state index contributed by atoms with van der Waals surface area (Å²) in [6.45, 7) is 2.36. The highest BCUT2D eigenvalue weighted by molar-refractivity contribution is 7.91. The van der Waals surface area contributed by atoms with Gasteiger partial charge < -0.3 is 5.32 Å². The zero-order chi connectivity index (χ0) is 14.8. The molecule has 2 rings (SSSR count). The molecule has 1 saturated carbocycles. The number of nitrogens with two attached hydrogens (primary N) is 1. The van der Waals surface area contributed by atoms with E-state index in [0.717, 1.165) is 41.9 Å². The maximum atomic E-state index is 12.2. The van der Waals surface area contributed by atoms with Gasteiger partial charge in [-0.1, -0.05) is 26.2 Å². The molecule has 1 fully saturated rings. The van der Waals surface area contributed by atoms with Crippen LogP contribution in [0.4, 0.5) is 0 Å². The maximum Gasteiger partial charge on any atom is 0.247 e. The number of hydrogen-bond donors (Lipinski definition) is 2. The molecule has 20 heavy (non-hydrogen) atoms. The van der Waals surface area contributed by atoms with Crippen LogP contribution < -0.4 is 10.5 Å². The Kier molecular flexibility index (Phi) is 4.51. The topological polar surface area (TPSA) is 89.3 Å². The van der Waals surface area contributed by atoms with E-state index in [2.05, 4.69) is 5.32 Å². The third-order valence-corrected chi connectivity index (χ3v) is 6.37. The molecule has 0 unspecified atom stereocenters. The van der Waals surface area contributed by atoms with Crippen LogP contribution in [0.15, 0.2) is 16.3 Å². The number of amides is 1. The van der Waals surface area contributed by atoms with E-state index in [1.54, 1.807) is 6.07 Å². The Hall–Kier alpha value is -0.920. The lowest BCUT2D eigenvalue weighted by atomic mass is 9.75. The fraction of sp³-hybridized carbons (Fsp3) is 0.615. The third-order valence-electron chi connectivity index (χ3n) is 3.85. The van der Waals surface area contributed by atoms with Crippen LogP contribution in [0, 0.1) is 5.41 Å². The molecule has 1 heterocycles. The lowest BCUT2D eigenvalue weighted by Gasteiger charge is -2.31. The van der Waals surface area contributed by atoms with Crippen LogP contribution in [0.3, 0.4) is 0 Å². The monoisotopic (exact) mass is 316 g/mol. The number of primary sulfonamides is 1. The number of sulfonamides is 1. The van der Waals surface area contributed by atoms with Crippen molar-refractivity contribution in [1.82, 2.24) is 5.32 Å². The van der Waals surface area contributed by atoms with Crippen LogP contribution in [-0.4, -0.2) is 14.3 Å². The minimum absolute atomic E-state index is 0.0581. The molecular weight excluding hydrogens is 296 g/mol. The van der Waals surface area contributed by atoms with E-state index in [0.29, 0.717) is 6.54 Å². The molecule has 112 valence electrons. The van der Waals surface area contributed by atoms with Crippen LogP contribution >= 0.6 is 11.3 Å². The molecular formula is C13H20N2O3S2. The van der Waals surface area contributed by atoms with E-state index in [-0.39, 0.29) is 15.5 Å². The van der Waals surface area contributed by atoms with Gasteiger partial charge in [0.1, 0.15) is 4.21 Å². The highest BCUT2D eigenvalue weighted by atomic mass is 32.2. The molecule has 0 aliphatic heterocycles. The lowest BCUT2D eigenvalue weighted by molar-refractivity contribution is -0.132. The minimum Gasteiger partial charge on any atom is -0.351 e. The SMILES string of the molecule is CC1(C(=O)NCc2ccc(S(N)(=O)=O)s2)CCCCC1. The second-order valence-electron chi connectivity index (χ2n) is 5.57. The largest absolute Gasteiger partial charge is 0.351 e. The van der Waals surface area contributed by atoms with E-state index in [9.17, 15) is 13.2 Å². The Morgan fingerprint density at radius 1 is 1.35 bits per heavy atom. The molecule has 5 nitrogen and oxygen atoms in total. The van der Waals surface area contributed by atoms with Gasteiger partial charge in [0.15, 0.2) is 0 Å². The van der Waals surface area contributed by atoms with Crippen LogP contribution in [0.5, 0.6) is 0 Å². The summed E-state index contributed by atoms with van der Waals surface area (Å²) in [6, 6.07) is 3.16. The fourth-order valence-corrected chi connectivity index (χ4v) is 4.26. The Morgan fingerprint density at radius 2 is 2.00 bits per heavy atom. The molecule has 1 amide bonds. The molecule has 0 radical (unpaired) electrons. The molecule has 0 spiro atoms. The quantitative estimate of drug-likeness (QED) is 0.890. The van der Waals surface area contributed by atoms with E-state index < -0.39 is 10.0 Å². The van der Waals surface area contributed by atoms with Gasteiger partial charge >= 0.3 is 0 Å². The molecule has 0 aromatic carbocycles. The summed E-state index contributed by atoms with van der Waals surface area (Å²) in [5, 5.41) is 7.97. The summed E-state index contributed by atoms with van der Waals surface area (Å²) in [5.74, 6) is 0.0581. The first-order valence-electron chi connectivity index (χ1n) is 6.71. The Labute approximate surface area is 123 Å². The van der Waals surface area contributed by atoms with Crippen LogP contribution in [0.25, 0.3) is 0 Å². The number of carbonyl (C=O) groups is 1. The normalized spacial score (nSPS) is 18.7. The first-order valence-corrected chi connectivity index (χ1v) is 9.07. The second kappa shape index (κ2) is 5.83.